The summed E-state index contributed by atoms with van der Waals surface area (Å²) in [5.74, 6) is 0. The van der Waals surface area contributed by atoms with Gasteiger partial charge in [-0.3, -0.25) is 0 Å². The van der Waals surface area contributed by atoms with Crippen LogP contribution in [0.4, 0.5) is 18.0 Å². The third-order valence-electron chi connectivity index (χ3n) is 3.34. The first kappa shape index (κ1) is 17.6. The monoisotopic (exact) mass is 330 g/mol. The average molecular weight is 330 g/mol. The number of benzene rings is 1. The molecular weight excluding hydrogens is 309 g/mol. The summed E-state index contributed by atoms with van der Waals surface area (Å²) in [7, 11) is 0. The Morgan fingerprint density at radius 3 is 2.30 bits per heavy atom. The molecule has 1 saturated carbocycles. The Labute approximate surface area is 133 Å². The highest BCUT2D eigenvalue weighted by molar-refractivity contribution is 5.68. The van der Waals surface area contributed by atoms with E-state index in [0.29, 0.717) is 6.54 Å². The maximum absolute atomic E-state index is 12.5. The second-order valence-corrected chi connectivity index (χ2v) is 6.67. The summed E-state index contributed by atoms with van der Waals surface area (Å²) < 4.78 is 42.6. The van der Waals surface area contributed by atoms with Crippen molar-refractivity contribution in [2.24, 2.45) is 0 Å². The van der Waals surface area contributed by atoms with Gasteiger partial charge >= 0.3 is 12.3 Å². The van der Waals surface area contributed by atoms with E-state index in [4.69, 9.17) is 4.74 Å². The Morgan fingerprint density at radius 1 is 1.17 bits per heavy atom. The Hall–Kier alpha value is -1.76. The fourth-order valence-electron chi connectivity index (χ4n) is 2.10. The molecule has 4 nitrogen and oxygen atoms in total. The normalized spacial score (nSPS) is 21.0. The van der Waals surface area contributed by atoms with Crippen molar-refractivity contribution in [2.45, 2.75) is 57.6 Å². The number of rotatable bonds is 4. The fraction of sp³-hybridized carbons (Fsp3) is 0.562. The number of carbonyl (C=O) groups is 1. The Kier molecular flexibility index (Phi) is 4.89. The first-order valence-corrected chi connectivity index (χ1v) is 7.43. The van der Waals surface area contributed by atoms with Crippen LogP contribution in [0, 0.1) is 0 Å². The molecule has 1 aromatic carbocycles. The number of alkyl halides is 3. The van der Waals surface area contributed by atoms with Crippen LogP contribution in [0.25, 0.3) is 0 Å². The van der Waals surface area contributed by atoms with Crippen LogP contribution in [0.2, 0.25) is 0 Å². The van der Waals surface area contributed by atoms with Gasteiger partial charge in [-0.1, -0.05) is 12.1 Å². The summed E-state index contributed by atoms with van der Waals surface area (Å²) in [6.45, 7) is 5.83. The lowest BCUT2D eigenvalue weighted by Gasteiger charge is -2.19. The molecule has 2 unspecified atom stereocenters. The fourth-order valence-corrected chi connectivity index (χ4v) is 2.10. The van der Waals surface area contributed by atoms with Gasteiger partial charge in [0.2, 0.25) is 0 Å². The zero-order valence-corrected chi connectivity index (χ0v) is 13.3. The van der Waals surface area contributed by atoms with Gasteiger partial charge in [-0.25, -0.2) is 4.79 Å². The maximum Gasteiger partial charge on any atom is 0.416 e. The van der Waals surface area contributed by atoms with Crippen molar-refractivity contribution < 1.29 is 22.7 Å². The van der Waals surface area contributed by atoms with E-state index in [-0.39, 0.29) is 12.1 Å². The van der Waals surface area contributed by atoms with E-state index in [9.17, 15) is 18.0 Å². The number of ether oxygens (including phenoxy) is 1. The first-order valence-electron chi connectivity index (χ1n) is 7.43. The molecule has 1 aromatic rings. The number of hydrogen-bond donors (Lipinski definition) is 2. The summed E-state index contributed by atoms with van der Waals surface area (Å²) in [6, 6.07) is 5.16. The van der Waals surface area contributed by atoms with Crippen molar-refractivity contribution >= 4 is 6.09 Å². The molecule has 7 heteroatoms. The number of nitrogens with one attached hydrogen (secondary N) is 2. The average Bonchev–Trinajstić information content (AvgIpc) is 3.11. The summed E-state index contributed by atoms with van der Waals surface area (Å²) in [5.41, 5.74) is -0.430. The molecule has 0 radical (unpaired) electrons. The first-order chi connectivity index (χ1) is 10.5. The predicted octanol–water partition coefficient (Wildman–Crippen LogP) is 3.46. The number of amides is 1. The van der Waals surface area contributed by atoms with Gasteiger partial charge in [-0.05, 0) is 44.9 Å². The Morgan fingerprint density at radius 2 is 1.78 bits per heavy atom. The van der Waals surface area contributed by atoms with Gasteiger partial charge in [0, 0.05) is 18.6 Å². The molecular formula is C16H21F3N2O2. The van der Waals surface area contributed by atoms with Gasteiger partial charge in [-0.2, -0.15) is 13.2 Å². The van der Waals surface area contributed by atoms with Gasteiger partial charge in [0.25, 0.3) is 0 Å². The smallest absolute Gasteiger partial charge is 0.416 e. The second-order valence-electron chi connectivity index (χ2n) is 6.67. The van der Waals surface area contributed by atoms with Crippen molar-refractivity contribution in [3.8, 4) is 0 Å². The number of halogens is 3. The highest BCUT2D eigenvalue weighted by Crippen LogP contribution is 2.29. The van der Waals surface area contributed by atoms with Crippen LogP contribution < -0.4 is 10.6 Å². The number of hydrogen-bond acceptors (Lipinski definition) is 3. The molecule has 23 heavy (non-hydrogen) atoms. The molecule has 0 heterocycles. The van der Waals surface area contributed by atoms with Gasteiger partial charge < -0.3 is 15.4 Å². The highest BCUT2D eigenvalue weighted by Gasteiger charge is 2.38. The van der Waals surface area contributed by atoms with E-state index >= 15 is 0 Å². The van der Waals surface area contributed by atoms with E-state index in [1.165, 1.54) is 12.1 Å². The molecule has 0 saturated heterocycles. The molecule has 1 aliphatic rings. The molecule has 0 aliphatic heterocycles. The van der Waals surface area contributed by atoms with Crippen LogP contribution in [-0.2, 0) is 17.5 Å². The van der Waals surface area contributed by atoms with Gasteiger partial charge in [0.1, 0.15) is 5.60 Å². The van der Waals surface area contributed by atoms with Crippen LogP contribution in [0.1, 0.15) is 38.3 Å². The molecule has 0 bridgehead atoms. The zero-order valence-electron chi connectivity index (χ0n) is 13.3. The van der Waals surface area contributed by atoms with Gasteiger partial charge in [0.05, 0.1) is 5.56 Å². The van der Waals surface area contributed by atoms with E-state index in [1.54, 1.807) is 20.8 Å². The van der Waals surface area contributed by atoms with E-state index < -0.39 is 23.4 Å². The van der Waals surface area contributed by atoms with Crippen molar-refractivity contribution in [2.75, 3.05) is 0 Å². The third kappa shape index (κ3) is 5.74. The lowest BCUT2D eigenvalue weighted by Crippen LogP contribution is -2.36. The van der Waals surface area contributed by atoms with Gasteiger partial charge in [-0.15, -0.1) is 0 Å². The molecule has 2 rings (SSSR count). The highest BCUT2D eigenvalue weighted by atomic mass is 19.4. The molecule has 1 amide bonds. The van der Waals surface area contributed by atoms with Crippen molar-refractivity contribution in [1.82, 2.24) is 10.6 Å². The zero-order chi connectivity index (χ0) is 17.3. The van der Waals surface area contributed by atoms with Gasteiger partial charge in [0.15, 0.2) is 0 Å². The van der Waals surface area contributed by atoms with Crippen LogP contribution in [-0.4, -0.2) is 23.8 Å². The van der Waals surface area contributed by atoms with Crippen molar-refractivity contribution in [3.05, 3.63) is 35.4 Å². The molecule has 2 atom stereocenters. The SMILES string of the molecule is CC(C)(C)OC(=O)NC1CC1NCc1ccc(C(F)(F)F)cc1. The van der Waals surface area contributed by atoms with E-state index in [0.717, 1.165) is 24.1 Å². The molecule has 128 valence electrons. The van der Waals surface area contributed by atoms with Crippen LogP contribution in [0.5, 0.6) is 0 Å². The van der Waals surface area contributed by atoms with Crippen LogP contribution >= 0.6 is 0 Å². The Balaban J connectivity index is 1.73. The van der Waals surface area contributed by atoms with E-state index in [1.807, 2.05) is 0 Å². The lowest BCUT2D eigenvalue weighted by atomic mass is 10.1. The van der Waals surface area contributed by atoms with Crippen molar-refractivity contribution in [1.29, 1.82) is 0 Å². The summed E-state index contributed by atoms with van der Waals surface area (Å²) in [6.07, 6.45) is -3.99. The minimum Gasteiger partial charge on any atom is -0.444 e. The minimum absolute atomic E-state index is 0.000650. The van der Waals surface area contributed by atoms with Crippen LogP contribution in [0.15, 0.2) is 24.3 Å². The second kappa shape index (κ2) is 6.39. The molecule has 0 aromatic heterocycles. The minimum atomic E-state index is -4.31. The Bertz CT molecular complexity index is 550. The number of carbonyl (C=O) groups excluding carboxylic acids is 1. The maximum atomic E-state index is 12.5. The lowest BCUT2D eigenvalue weighted by molar-refractivity contribution is -0.137. The topological polar surface area (TPSA) is 50.4 Å². The summed E-state index contributed by atoms with van der Waals surface area (Å²) in [5, 5.41) is 5.95. The quantitative estimate of drug-likeness (QED) is 0.889. The molecule has 0 spiro atoms. The molecule has 1 aliphatic carbocycles. The number of alkyl carbamates (subject to hydrolysis) is 1. The summed E-state index contributed by atoms with van der Waals surface area (Å²) in [4.78, 5) is 11.6. The summed E-state index contributed by atoms with van der Waals surface area (Å²) >= 11 is 0. The third-order valence-corrected chi connectivity index (χ3v) is 3.34. The molecule has 1 fully saturated rings. The molecule has 2 N–H and O–H groups in total. The predicted molar refractivity (Wildman–Crippen MR) is 79.8 cm³/mol. The van der Waals surface area contributed by atoms with E-state index in [2.05, 4.69) is 10.6 Å². The van der Waals surface area contributed by atoms with Crippen molar-refractivity contribution in [3.63, 3.8) is 0 Å². The largest absolute Gasteiger partial charge is 0.444 e. The standard InChI is InChI=1S/C16H21F3N2O2/c1-15(2,3)23-14(22)21-13-8-12(13)20-9-10-4-6-11(7-5-10)16(17,18)19/h4-7,12-13,20H,8-9H2,1-3H3,(H,21,22). The van der Waals surface area contributed by atoms with Crippen LogP contribution in [0.3, 0.4) is 0 Å².